The monoisotopic (exact) mass is 618 g/mol. The number of carbonyl (C=O) groups is 1. The fourth-order valence-corrected chi connectivity index (χ4v) is 7.46. The Bertz CT molecular complexity index is 1780. The van der Waals surface area contributed by atoms with Gasteiger partial charge in [0.15, 0.2) is 5.82 Å². The molecule has 0 N–H and O–H groups in total. The van der Waals surface area contributed by atoms with E-state index in [1.807, 2.05) is 36.2 Å². The summed E-state index contributed by atoms with van der Waals surface area (Å²) in [5.41, 5.74) is 0.367. The van der Waals surface area contributed by atoms with Crippen LogP contribution in [0.2, 0.25) is 5.02 Å². The summed E-state index contributed by atoms with van der Waals surface area (Å²) in [6.07, 6.45) is 4.23. The third-order valence-corrected chi connectivity index (χ3v) is 9.64. The van der Waals surface area contributed by atoms with Gasteiger partial charge in [-0.25, -0.2) is 8.78 Å². The molecule has 0 bridgehead atoms. The van der Waals surface area contributed by atoms with E-state index in [-0.39, 0.29) is 35.7 Å². The smallest absolute Gasteiger partial charge is 0.319 e. The van der Waals surface area contributed by atoms with Crippen LogP contribution in [0, 0.1) is 11.7 Å². The Balaban J connectivity index is 1.28. The van der Waals surface area contributed by atoms with Gasteiger partial charge in [0, 0.05) is 67.7 Å². The number of pyridine rings is 1. The van der Waals surface area contributed by atoms with Gasteiger partial charge in [0.1, 0.15) is 29.8 Å². The lowest BCUT2D eigenvalue weighted by Crippen LogP contribution is -2.53. The lowest BCUT2D eigenvalue weighted by atomic mass is 9.95. The lowest BCUT2D eigenvalue weighted by molar-refractivity contribution is -0.131. The second-order valence-electron chi connectivity index (χ2n) is 12.2. The van der Waals surface area contributed by atoms with E-state index in [0.717, 1.165) is 24.8 Å². The Hall–Kier alpha value is -3.89. The number of hydrogen-bond donors (Lipinski definition) is 0. The van der Waals surface area contributed by atoms with Crippen molar-refractivity contribution in [2.75, 3.05) is 51.3 Å². The Kier molecular flexibility index (Phi) is 7.37. The predicted octanol–water partition coefficient (Wildman–Crippen LogP) is 5.67. The highest BCUT2D eigenvalue weighted by atomic mass is 35.5. The molecule has 0 aliphatic carbocycles. The van der Waals surface area contributed by atoms with Crippen LogP contribution in [0.3, 0.4) is 0 Å². The fourth-order valence-electron chi connectivity index (χ4n) is 7.17. The molecule has 0 saturated carbocycles. The number of halogens is 3. The van der Waals surface area contributed by atoms with E-state index in [2.05, 4.69) is 21.4 Å². The molecule has 3 aliphatic rings. The number of rotatable bonds is 8. The Labute approximate surface area is 259 Å². The van der Waals surface area contributed by atoms with Crippen LogP contribution >= 0.6 is 11.6 Å². The van der Waals surface area contributed by atoms with E-state index in [1.165, 1.54) is 6.08 Å². The largest absolute Gasteiger partial charge is 0.461 e. The molecule has 7 rings (SSSR count). The minimum Gasteiger partial charge on any atom is -0.461 e. The van der Waals surface area contributed by atoms with Crippen molar-refractivity contribution in [3.05, 3.63) is 66.1 Å². The molecule has 11 heteroatoms. The van der Waals surface area contributed by atoms with Crippen molar-refractivity contribution in [2.45, 2.75) is 31.0 Å². The normalized spacial score (nSPS) is 21.9. The molecule has 2 aromatic carbocycles. The summed E-state index contributed by atoms with van der Waals surface area (Å²) in [4.78, 5) is 31.7. The number of benzene rings is 2. The van der Waals surface area contributed by atoms with E-state index >= 15 is 4.39 Å². The van der Waals surface area contributed by atoms with Crippen LogP contribution in [0.5, 0.6) is 6.01 Å². The number of nitrogens with zero attached hydrogens (tertiary/aromatic N) is 6. The van der Waals surface area contributed by atoms with E-state index in [4.69, 9.17) is 21.3 Å². The van der Waals surface area contributed by atoms with Crippen LogP contribution in [0.1, 0.15) is 19.3 Å². The van der Waals surface area contributed by atoms with Crippen molar-refractivity contribution < 1.29 is 18.3 Å². The number of fused-ring (bicyclic) bond motifs is 3. The summed E-state index contributed by atoms with van der Waals surface area (Å²) in [6, 6.07) is 11.1. The zero-order valence-electron chi connectivity index (χ0n) is 24.5. The highest BCUT2D eigenvalue weighted by Crippen LogP contribution is 2.41. The average molecular weight is 619 g/mol. The molecule has 8 nitrogen and oxygen atoms in total. The number of hydrogen-bond acceptors (Lipinski definition) is 7. The van der Waals surface area contributed by atoms with Gasteiger partial charge in [-0.1, -0.05) is 48.5 Å². The zero-order valence-corrected chi connectivity index (χ0v) is 25.2. The van der Waals surface area contributed by atoms with Crippen LogP contribution < -0.4 is 9.64 Å². The second-order valence-corrected chi connectivity index (χ2v) is 12.6. The van der Waals surface area contributed by atoms with Crippen LogP contribution in [-0.4, -0.2) is 88.7 Å². The van der Waals surface area contributed by atoms with Crippen molar-refractivity contribution in [3.63, 3.8) is 0 Å². The van der Waals surface area contributed by atoms with Crippen molar-refractivity contribution in [1.29, 1.82) is 0 Å². The van der Waals surface area contributed by atoms with Gasteiger partial charge < -0.3 is 14.5 Å². The molecule has 5 heterocycles. The van der Waals surface area contributed by atoms with Crippen molar-refractivity contribution in [1.82, 2.24) is 24.8 Å². The topological polar surface area (TPSA) is 74.7 Å². The summed E-state index contributed by atoms with van der Waals surface area (Å²) in [7, 11) is 1.88. The molecule has 1 amide bonds. The molecule has 3 aliphatic heterocycles. The standard InChI is InChI=1S/C33H33ClF2N6O2/c1-3-26(43)41-16-20(17-41)15-40(2)31-24-14-37-29(23-9-4-7-21-8-5-10-25(34)27(21)23)28(36)30(24)38-32(39-31)44-19-33-11-6-12-42(33)18-22(35)13-33/h3-5,7-10,14,20,22H,1,6,11-13,15-19H2,2H3/t22-,33+/m1/s1. The summed E-state index contributed by atoms with van der Waals surface area (Å²) in [6.45, 7) is 6.80. The number of alkyl halides is 1. The molecule has 0 radical (unpaired) electrons. The molecule has 44 heavy (non-hydrogen) atoms. The maximum absolute atomic E-state index is 16.6. The third-order valence-electron chi connectivity index (χ3n) is 9.32. The van der Waals surface area contributed by atoms with E-state index in [0.29, 0.717) is 59.8 Å². The first-order valence-corrected chi connectivity index (χ1v) is 15.3. The number of likely N-dealkylation sites (tertiary alicyclic amines) is 1. The Morgan fingerprint density at radius 3 is 2.82 bits per heavy atom. The van der Waals surface area contributed by atoms with E-state index in [1.54, 1.807) is 23.2 Å². The molecule has 0 unspecified atom stereocenters. The number of aromatic nitrogens is 3. The number of ether oxygens (including phenoxy) is 1. The van der Waals surface area contributed by atoms with E-state index < -0.39 is 17.5 Å². The molecule has 3 fully saturated rings. The number of carbonyl (C=O) groups excluding carboxylic acids is 1. The molecule has 3 saturated heterocycles. The van der Waals surface area contributed by atoms with Crippen LogP contribution in [0.15, 0.2) is 55.3 Å². The molecule has 4 aromatic rings. The van der Waals surface area contributed by atoms with Gasteiger partial charge in [-0.05, 0) is 36.9 Å². The van der Waals surface area contributed by atoms with Gasteiger partial charge in [0.2, 0.25) is 5.91 Å². The molecular weight excluding hydrogens is 586 g/mol. The maximum atomic E-state index is 16.6. The lowest BCUT2D eigenvalue weighted by Gasteiger charge is -2.40. The molecular formula is C33H33ClF2N6O2. The van der Waals surface area contributed by atoms with Gasteiger partial charge in [0.25, 0.3) is 0 Å². The van der Waals surface area contributed by atoms with Gasteiger partial charge in [0.05, 0.1) is 10.9 Å². The minimum absolute atomic E-state index is 0.0342. The Morgan fingerprint density at radius 2 is 2.02 bits per heavy atom. The molecule has 0 spiro atoms. The molecule has 2 aromatic heterocycles. The third kappa shape index (κ3) is 4.94. The highest BCUT2D eigenvalue weighted by Gasteiger charge is 2.49. The first-order chi connectivity index (χ1) is 21.3. The summed E-state index contributed by atoms with van der Waals surface area (Å²) < 4.78 is 37.2. The van der Waals surface area contributed by atoms with Crippen molar-refractivity contribution in [3.8, 4) is 17.3 Å². The van der Waals surface area contributed by atoms with Crippen molar-refractivity contribution >= 4 is 45.0 Å². The SMILES string of the molecule is C=CC(=O)N1CC(CN(C)c2nc(OC[C@@]34CCCN3C[C@H](F)C4)nc3c(F)c(-c4cccc5cccc(Cl)c45)ncc23)C1. The van der Waals surface area contributed by atoms with E-state index in [9.17, 15) is 9.18 Å². The van der Waals surface area contributed by atoms with Gasteiger partial charge in [-0.3, -0.25) is 14.7 Å². The Morgan fingerprint density at radius 1 is 1.23 bits per heavy atom. The summed E-state index contributed by atoms with van der Waals surface area (Å²) >= 11 is 6.58. The quantitative estimate of drug-likeness (QED) is 0.236. The molecule has 228 valence electrons. The van der Waals surface area contributed by atoms with Gasteiger partial charge in [-0.15, -0.1) is 0 Å². The van der Waals surface area contributed by atoms with Gasteiger partial charge in [-0.2, -0.15) is 9.97 Å². The van der Waals surface area contributed by atoms with Crippen LogP contribution in [-0.2, 0) is 4.79 Å². The predicted molar refractivity (Wildman–Crippen MR) is 167 cm³/mol. The first kappa shape index (κ1) is 28.9. The average Bonchev–Trinajstić information content (AvgIpc) is 3.53. The second kappa shape index (κ2) is 11.2. The minimum atomic E-state index is -0.897. The highest BCUT2D eigenvalue weighted by molar-refractivity contribution is 6.36. The first-order valence-electron chi connectivity index (χ1n) is 14.9. The van der Waals surface area contributed by atoms with Crippen molar-refractivity contribution in [2.24, 2.45) is 5.92 Å². The summed E-state index contributed by atoms with van der Waals surface area (Å²) in [5.74, 6) is -0.0159. The fraction of sp³-hybridized carbons (Fsp3) is 0.394. The maximum Gasteiger partial charge on any atom is 0.319 e. The number of anilines is 1. The zero-order chi connectivity index (χ0) is 30.6. The van der Waals surface area contributed by atoms with Crippen LogP contribution in [0.4, 0.5) is 14.6 Å². The number of amides is 1. The molecule has 2 atom stereocenters. The van der Waals surface area contributed by atoms with Gasteiger partial charge >= 0.3 is 6.01 Å². The van der Waals surface area contributed by atoms with Crippen LogP contribution in [0.25, 0.3) is 32.9 Å². The summed E-state index contributed by atoms with van der Waals surface area (Å²) in [5, 5.41) is 2.52.